The average Bonchev–Trinajstić information content (AvgIpc) is 2.64. The molecule has 1 rings (SSSR count). The highest BCUT2D eigenvalue weighted by atomic mass is 127. The third-order valence-corrected chi connectivity index (χ3v) is 5.60. The van der Waals surface area contributed by atoms with Gasteiger partial charge in [0, 0.05) is 19.7 Å². The highest BCUT2D eigenvalue weighted by molar-refractivity contribution is 14.0. The van der Waals surface area contributed by atoms with Crippen LogP contribution in [0.15, 0.2) is 34.2 Å². The molecule has 4 N–H and O–H groups in total. The highest BCUT2D eigenvalue weighted by Gasteiger charge is 2.12. The van der Waals surface area contributed by atoms with Crippen LogP contribution >= 0.6 is 24.0 Å². The van der Waals surface area contributed by atoms with E-state index >= 15 is 0 Å². The standard InChI is InChI=1S/C19H34N4O3S.HI/c1-5-21-19(23-14-17(10-11-24)12-15(2)3)22-13-16-6-8-18(9-7-16)27(25,26)20-4;/h6-9,15,17,20,24H,5,10-14H2,1-4H3,(H2,21,22,23);1H. The third kappa shape index (κ3) is 10.0. The van der Waals surface area contributed by atoms with Crippen molar-refractivity contribution in [1.82, 2.24) is 15.4 Å². The summed E-state index contributed by atoms with van der Waals surface area (Å²) in [6.45, 7) is 8.51. The van der Waals surface area contributed by atoms with E-state index in [1.807, 2.05) is 6.92 Å². The van der Waals surface area contributed by atoms with Gasteiger partial charge in [-0.15, -0.1) is 24.0 Å². The molecule has 1 unspecified atom stereocenters. The Kier molecular flexibility index (Phi) is 13.7. The van der Waals surface area contributed by atoms with Crippen LogP contribution in [0.3, 0.4) is 0 Å². The molecule has 0 saturated carbocycles. The summed E-state index contributed by atoms with van der Waals surface area (Å²) in [4.78, 5) is 4.81. The van der Waals surface area contributed by atoms with Crippen molar-refractivity contribution in [3.05, 3.63) is 29.8 Å². The van der Waals surface area contributed by atoms with Gasteiger partial charge in [-0.2, -0.15) is 0 Å². The second kappa shape index (κ2) is 14.1. The van der Waals surface area contributed by atoms with Gasteiger partial charge in [0.25, 0.3) is 0 Å². The van der Waals surface area contributed by atoms with Crippen molar-refractivity contribution < 1.29 is 13.5 Å². The van der Waals surface area contributed by atoms with E-state index < -0.39 is 10.0 Å². The Morgan fingerprint density at radius 3 is 2.32 bits per heavy atom. The van der Waals surface area contributed by atoms with Gasteiger partial charge >= 0.3 is 0 Å². The minimum Gasteiger partial charge on any atom is -0.396 e. The fraction of sp³-hybridized carbons (Fsp3) is 0.632. The normalized spacial score (nSPS) is 13.1. The van der Waals surface area contributed by atoms with Crippen molar-refractivity contribution >= 4 is 40.0 Å². The molecular weight excluding hydrogens is 491 g/mol. The lowest BCUT2D eigenvalue weighted by molar-refractivity contribution is 0.243. The van der Waals surface area contributed by atoms with Crippen molar-refractivity contribution in [2.24, 2.45) is 16.8 Å². The highest BCUT2D eigenvalue weighted by Crippen LogP contribution is 2.14. The van der Waals surface area contributed by atoms with Gasteiger partial charge in [0.15, 0.2) is 5.96 Å². The molecule has 7 nitrogen and oxygen atoms in total. The molecule has 0 aliphatic carbocycles. The van der Waals surface area contributed by atoms with Crippen LogP contribution in [-0.2, 0) is 16.6 Å². The van der Waals surface area contributed by atoms with Gasteiger partial charge in [-0.3, -0.25) is 0 Å². The van der Waals surface area contributed by atoms with Crippen LogP contribution < -0.4 is 15.4 Å². The van der Waals surface area contributed by atoms with Gasteiger partial charge in [-0.25, -0.2) is 18.1 Å². The van der Waals surface area contributed by atoms with E-state index in [-0.39, 0.29) is 35.5 Å². The fourth-order valence-electron chi connectivity index (χ4n) is 2.80. The molecule has 162 valence electrons. The lowest BCUT2D eigenvalue weighted by Crippen LogP contribution is -2.40. The number of aliphatic hydroxyl groups excluding tert-OH is 1. The molecule has 0 aliphatic heterocycles. The molecule has 0 spiro atoms. The summed E-state index contributed by atoms with van der Waals surface area (Å²) in [6, 6.07) is 6.70. The number of guanidine groups is 1. The second-order valence-electron chi connectivity index (χ2n) is 6.94. The lowest BCUT2D eigenvalue weighted by atomic mass is 9.94. The zero-order chi connectivity index (χ0) is 20.3. The largest absolute Gasteiger partial charge is 0.396 e. The van der Waals surface area contributed by atoms with Gasteiger partial charge in [0.05, 0.1) is 11.4 Å². The van der Waals surface area contributed by atoms with Crippen molar-refractivity contribution in [3.8, 4) is 0 Å². The minimum absolute atomic E-state index is 0. The van der Waals surface area contributed by atoms with E-state index in [1.54, 1.807) is 24.3 Å². The van der Waals surface area contributed by atoms with Crippen molar-refractivity contribution in [3.63, 3.8) is 0 Å². The van der Waals surface area contributed by atoms with Crippen LogP contribution in [0.4, 0.5) is 0 Å². The van der Waals surface area contributed by atoms with Gasteiger partial charge < -0.3 is 15.7 Å². The summed E-state index contributed by atoms with van der Waals surface area (Å²) >= 11 is 0. The third-order valence-electron chi connectivity index (χ3n) is 4.17. The summed E-state index contributed by atoms with van der Waals surface area (Å²) in [5.74, 6) is 1.69. The molecular formula is C19H35IN4O3S. The average molecular weight is 526 g/mol. The Morgan fingerprint density at radius 2 is 1.82 bits per heavy atom. The SMILES string of the molecule is CCNC(=NCc1ccc(S(=O)(=O)NC)cc1)NCC(CCO)CC(C)C.I. The van der Waals surface area contributed by atoms with E-state index in [0.717, 1.165) is 37.5 Å². The van der Waals surface area contributed by atoms with Gasteiger partial charge in [0.2, 0.25) is 10.0 Å². The van der Waals surface area contributed by atoms with Crippen molar-refractivity contribution in [2.45, 2.75) is 45.1 Å². The molecule has 0 bridgehead atoms. The number of nitrogens with one attached hydrogen (secondary N) is 3. The molecule has 0 fully saturated rings. The number of aliphatic hydroxyl groups is 1. The van der Waals surface area contributed by atoms with Crippen LogP contribution in [0.5, 0.6) is 0 Å². The molecule has 0 saturated heterocycles. The van der Waals surface area contributed by atoms with Crippen LogP contribution in [0.25, 0.3) is 0 Å². The first-order valence-electron chi connectivity index (χ1n) is 9.47. The summed E-state index contributed by atoms with van der Waals surface area (Å²) in [5.41, 5.74) is 0.927. The lowest BCUT2D eigenvalue weighted by Gasteiger charge is -2.20. The molecule has 0 aliphatic rings. The molecule has 0 amide bonds. The number of halogens is 1. The van der Waals surface area contributed by atoms with E-state index in [4.69, 9.17) is 0 Å². The second-order valence-corrected chi connectivity index (χ2v) is 8.82. The van der Waals surface area contributed by atoms with Crippen LogP contribution in [0, 0.1) is 11.8 Å². The van der Waals surface area contributed by atoms with E-state index in [0.29, 0.717) is 18.4 Å². The topological polar surface area (TPSA) is 103 Å². The smallest absolute Gasteiger partial charge is 0.240 e. The van der Waals surface area contributed by atoms with Crippen LogP contribution in [0.2, 0.25) is 0 Å². The Hall–Kier alpha value is -0.910. The summed E-state index contributed by atoms with van der Waals surface area (Å²) in [7, 11) is -2.03. The summed E-state index contributed by atoms with van der Waals surface area (Å²) < 4.78 is 25.8. The predicted octanol–water partition coefficient (Wildman–Crippen LogP) is 2.31. The van der Waals surface area contributed by atoms with E-state index in [2.05, 4.69) is 34.2 Å². The Morgan fingerprint density at radius 1 is 1.18 bits per heavy atom. The first-order valence-corrected chi connectivity index (χ1v) is 11.0. The van der Waals surface area contributed by atoms with Gasteiger partial charge in [-0.05, 0) is 56.3 Å². The molecule has 9 heteroatoms. The van der Waals surface area contributed by atoms with Crippen molar-refractivity contribution in [1.29, 1.82) is 0 Å². The summed E-state index contributed by atoms with van der Waals surface area (Å²) in [5, 5.41) is 15.8. The molecule has 28 heavy (non-hydrogen) atoms. The zero-order valence-corrected chi connectivity index (χ0v) is 20.4. The van der Waals surface area contributed by atoms with E-state index in [9.17, 15) is 13.5 Å². The number of benzene rings is 1. The Bertz CT molecular complexity index is 679. The molecule has 0 aromatic heterocycles. The monoisotopic (exact) mass is 526 g/mol. The molecule has 1 aromatic rings. The Balaban J connectivity index is 0.00000729. The Labute approximate surface area is 186 Å². The van der Waals surface area contributed by atoms with Gasteiger partial charge in [0.1, 0.15) is 0 Å². The first kappa shape index (κ1) is 27.1. The molecule has 0 radical (unpaired) electrons. The zero-order valence-electron chi connectivity index (χ0n) is 17.2. The molecule has 1 atom stereocenters. The maximum absolute atomic E-state index is 11.8. The van der Waals surface area contributed by atoms with Gasteiger partial charge in [-0.1, -0.05) is 26.0 Å². The number of nitrogens with zero attached hydrogens (tertiary/aromatic N) is 1. The predicted molar refractivity (Wildman–Crippen MR) is 126 cm³/mol. The number of hydrogen-bond acceptors (Lipinski definition) is 4. The number of rotatable bonds is 11. The maximum atomic E-state index is 11.8. The van der Waals surface area contributed by atoms with Crippen LogP contribution in [0.1, 0.15) is 39.2 Å². The van der Waals surface area contributed by atoms with E-state index in [1.165, 1.54) is 7.05 Å². The molecule has 0 heterocycles. The van der Waals surface area contributed by atoms with Crippen LogP contribution in [-0.4, -0.2) is 46.2 Å². The quantitative estimate of drug-likeness (QED) is 0.201. The number of aliphatic imine (C=N–C) groups is 1. The fourth-order valence-corrected chi connectivity index (χ4v) is 3.53. The first-order chi connectivity index (χ1) is 12.8. The summed E-state index contributed by atoms with van der Waals surface area (Å²) in [6.07, 6.45) is 1.82. The number of sulfonamides is 1. The minimum atomic E-state index is -3.42. The number of hydrogen-bond donors (Lipinski definition) is 4. The molecule has 1 aromatic carbocycles. The van der Waals surface area contributed by atoms with Crippen molar-refractivity contribution in [2.75, 3.05) is 26.7 Å². The maximum Gasteiger partial charge on any atom is 0.240 e.